The third-order valence-electron chi connectivity index (χ3n) is 4.30. The Morgan fingerprint density at radius 1 is 1.12 bits per heavy atom. The summed E-state index contributed by atoms with van der Waals surface area (Å²) in [7, 11) is 0. The topological polar surface area (TPSA) is 56.8 Å². The smallest absolute Gasteiger partial charge is 0.265 e. The van der Waals surface area contributed by atoms with E-state index in [-0.39, 0.29) is 18.1 Å². The van der Waals surface area contributed by atoms with Crippen LogP contribution in [0.2, 0.25) is 0 Å². The average molecular weight is 355 g/mol. The number of amides is 1. The molecule has 1 N–H and O–H groups in total. The molecule has 0 spiro atoms. The second-order valence-corrected chi connectivity index (χ2v) is 7.35. The number of carbonyl (C=O) groups excluding carboxylic acids is 1. The van der Waals surface area contributed by atoms with Crippen LogP contribution in [0.4, 0.5) is 5.69 Å². The minimum Gasteiger partial charge on any atom is -0.481 e. The Bertz CT molecular complexity index is 778. The Morgan fingerprint density at radius 2 is 1.81 bits per heavy atom. The highest BCUT2D eigenvalue weighted by Crippen LogP contribution is 2.34. The van der Waals surface area contributed by atoms with Gasteiger partial charge >= 0.3 is 0 Å². The van der Waals surface area contributed by atoms with Crippen LogP contribution in [0.15, 0.2) is 42.5 Å². The number of anilines is 1. The molecule has 1 aliphatic rings. The largest absolute Gasteiger partial charge is 0.481 e. The number of fused-ring (bicyclic) bond motifs is 1. The summed E-state index contributed by atoms with van der Waals surface area (Å²) in [6.45, 7) is 8.62. The molecule has 0 aromatic heterocycles. The first-order chi connectivity index (χ1) is 12.4. The number of rotatable bonds is 5. The normalized spacial score (nSPS) is 14.0. The van der Waals surface area contributed by atoms with Crippen LogP contribution in [0.25, 0.3) is 0 Å². The fourth-order valence-electron chi connectivity index (χ4n) is 2.72. The molecule has 2 aromatic carbocycles. The third-order valence-corrected chi connectivity index (χ3v) is 4.30. The lowest BCUT2D eigenvalue weighted by molar-refractivity contribution is -0.122. The SMILES string of the molecule is CC[C@@H](Oc1ccc(C(C)(C)C)cc1)C(=O)Nc1ccc2c(c1)OCO2. The molecule has 0 saturated heterocycles. The monoisotopic (exact) mass is 355 g/mol. The molecule has 0 unspecified atom stereocenters. The third kappa shape index (κ3) is 4.10. The molecular weight excluding hydrogens is 330 g/mol. The zero-order chi connectivity index (χ0) is 18.7. The van der Waals surface area contributed by atoms with Crippen LogP contribution >= 0.6 is 0 Å². The first-order valence-corrected chi connectivity index (χ1v) is 8.84. The molecule has 3 rings (SSSR count). The predicted molar refractivity (Wildman–Crippen MR) is 101 cm³/mol. The molecule has 5 heteroatoms. The number of ether oxygens (including phenoxy) is 3. The van der Waals surface area contributed by atoms with Crippen molar-refractivity contribution in [3.8, 4) is 17.2 Å². The lowest BCUT2D eigenvalue weighted by atomic mass is 9.87. The molecule has 1 atom stereocenters. The molecule has 0 fully saturated rings. The highest BCUT2D eigenvalue weighted by Gasteiger charge is 2.21. The Hall–Kier alpha value is -2.69. The van der Waals surface area contributed by atoms with Gasteiger partial charge in [0, 0.05) is 11.8 Å². The van der Waals surface area contributed by atoms with Gasteiger partial charge in [-0.25, -0.2) is 0 Å². The molecule has 1 amide bonds. The fraction of sp³-hybridized carbons (Fsp3) is 0.381. The molecule has 2 aromatic rings. The molecule has 0 saturated carbocycles. The van der Waals surface area contributed by atoms with Gasteiger partial charge in [0.1, 0.15) is 5.75 Å². The second-order valence-electron chi connectivity index (χ2n) is 7.35. The summed E-state index contributed by atoms with van der Waals surface area (Å²) in [6.07, 6.45) is -0.00173. The Kier molecular flexibility index (Phi) is 5.07. The first kappa shape index (κ1) is 18.1. The summed E-state index contributed by atoms with van der Waals surface area (Å²) >= 11 is 0. The Morgan fingerprint density at radius 3 is 2.46 bits per heavy atom. The van der Waals surface area contributed by atoms with Crippen LogP contribution in [0, 0.1) is 0 Å². The molecule has 0 bridgehead atoms. The van der Waals surface area contributed by atoms with Crippen LogP contribution in [0.5, 0.6) is 17.2 Å². The molecule has 1 aliphatic heterocycles. The first-order valence-electron chi connectivity index (χ1n) is 8.84. The number of benzene rings is 2. The van der Waals surface area contributed by atoms with E-state index in [1.165, 1.54) is 5.56 Å². The van der Waals surface area contributed by atoms with Crippen molar-refractivity contribution in [2.24, 2.45) is 0 Å². The van der Waals surface area contributed by atoms with Gasteiger partial charge in [0.2, 0.25) is 6.79 Å². The van der Waals surface area contributed by atoms with Crippen molar-refractivity contribution in [2.45, 2.75) is 45.6 Å². The summed E-state index contributed by atoms with van der Waals surface area (Å²) in [5.74, 6) is 1.82. The van der Waals surface area contributed by atoms with Crippen molar-refractivity contribution in [3.63, 3.8) is 0 Å². The molecule has 5 nitrogen and oxygen atoms in total. The summed E-state index contributed by atoms with van der Waals surface area (Å²) in [6, 6.07) is 13.2. The van der Waals surface area contributed by atoms with Gasteiger partial charge in [-0.05, 0) is 41.7 Å². The van der Waals surface area contributed by atoms with E-state index in [0.29, 0.717) is 29.4 Å². The van der Waals surface area contributed by atoms with E-state index in [1.807, 2.05) is 31.2 Å². The zero-order valence-corrected chi connectivity index (χ0v) is 15.7. The van der Waals surface area contributed by atoms with Crippen LogP contribution < -0.4 is 19.5 Å². The lowest BCUT2D eigenvalue weighted by Crippen LogP contribution is -2.32. The number of hydrogen-bond donors (Lipinski definition) is 1. The van der Waals surface area contributed by atoms with Crippen molar-refractivity contribution in [2.75, 3.05) is 12.1 Å². The summed E-state index contributed by atoms with van der Waals surface area (Å²) in [5, 5.41) is 2.88. The van der Waals surface area contributed by atoms with Gasteiger partial charge in [-0.2, -0.15) is 0 Å². The summed E-state index contributed by atoms with van der Waals surface area (Å²) < 4.78 is 16.5. The van der Waals surface area contributed by atoms with E-state index >= 15 is 0 Å². The van der Waals surface area contributed by atoms with Gasteiger partial charge in [0.05, 0.1) is 0 Å². The van der Waals surface area contributed by atoms with Gasteiger partial charge in [0.25, 0.3) is 5.91 Å². The van der Waals surface area contributed by atoms with Gasteiger partial charge in [-0.1, -0.05) is 39.8 Å². The van der Waals surface area contributed by atoms with Crippen molar-refractivity contribution in [1.82, 2.24) is 0 Å². The lowest BCUT2D eigenvalue weighted by Gasteiger charge is -2.21. The standard InChI is InChI=1S/C21H25NO4/c1-5-17(26-16-9-6-14(7-10-16)21(2,3)4)20(23)22-15-8-11-18-19(12-15)25-13-24-18/h6-12,17H,5,13H2,1-4H3,(H,22,23)/t17-/m1/s1. The van der Waals surface area contributed by atoms with Crippen molar-refractivity contribution in [3.05, 3.63) is 48.0 Å². The molecule has 0 aliphatic carbocycles. The van der Waals surface area contributed by atoms with E-state index in [1.54, 1.807) is 18.2 Å². The van der Waals surface area contributed by atoms with E-state index in [0.717, 1.165) is 0 Å². The molecule has 0 radical (unpaired) electrons. The van der Waals surface area contributed by atoms with Crippen molar-refractivity contribution in [1.29, 1.82) is 0 Å². The van der Waals surface area contributed by atoms with Crippen molar-refractivity contribution < 1.29 is 19.0 Å². The summed E-state index contributed by atoms with van der Waals surface area (Å²) in [4.78, 5) is 12.6. The zero-order valence-electron chi connectivity index (χ0n) is 15.7. The Labute approximate surface area is 154 Å². The maximum absolute atomic E-state index is 12.6. The number of carbonyl (C=O) groups is 1. The molecule has 1 heterocycles. The van der Waals surface area contributed by atoms with Crippen LogP contribution in [-0.2, 0) is 10.2 Å². The van der Waals surface area contributed by atoms with E-state index in [4.69, 9.17) is 14.2 Å². The van der Waals surface area contributed by atoms with E-state index in [9.17, 15) is 4.79 Å². The molecule has 138 valence electrons. The highest BCUT2D eigenvalue weighted by molar-refractivity contribution is 5.94. The highest BCUT2D eigenvalue weighted by atomic mass is 16.7. The van der Waals surface area contributed by atoms with Crippen LogP contribution in [-0.4, -0.2) is 18.8 Å². The van der Waals surface area contributed by atoms with Crippen LogP contribution in [0.3, 0.4) is 0 Å². The quantitative estimate of drug-likeness (QED) is 0.857. The molecule has 26 heavy (non-hydrogen) atoms. The maximum Gasteiger partial charge on any atom is 0.265 e. The van der Waals surface area contributed by atoms with Gasteiger partial charge in [0.15, 0.2) is 17.6 Å². The molecular formula is C21H25NO4. The maximum atomic E-state index is 12.6. The fourth-order valence-corrected chi connectivity index (χ4v) is 2.72. The van der Waals surface area contributed by atoms with Gasteiger partial charge < -0.3 is 19.5 Å². The average Bonchev–Trinajstić information content (AvgIpc) is 3.07. The van der Waals surface area contributed by atoms with Crippen molar-refractivity contribution >= 4 is 11.6 Å². The predicted octanol–water partition coefficient (Wildman–Crippen LogP) is 4.51. The minimum atomic E-state index is -0.569. The van der Waals surface area contributed by atoms with E-state index in [2.05, 4.69) is 26.1 Å². The Balaban J connectivity index is 1.65. The van der Waals surface area contributed by atoms with Gasteiger partial charge in [-0.15, -0.1) is 0 Å². The van der Waals surface area contributed by atoms with Gasteiger partial charge in [-0.3, -0.25) is 4.79 Å². The number of hydrogen-bond acceptors (Lipinski definition) is 4. The minimum absolute atomic E-state index is 0.0828. The number of nitrogens with one attached hydrogen (secondary N) is 1. The summed E-state index contributed by atoms with van der Waals surface area (Å²) in [5.41, 5.74) is 1.96. The van der Waals surface area contributed by atoms with E-state index < -0.39 is 6.10 Å². The van der Waals surface area contributed by atoms with Crippen LogP contribution in [0.1, 0.15) is 39.7 Å². The second kappa shape index (κ2) is 7.28.